The lowest BCUT2D eigenvalue weighted by atomic mass is 9.93. The van der Waals surface area contributed by atoms with Gasteiger partial charge in [-0.1, -0.05) is 0 Å². The molecule has 0 spiro atoms. The van der Waals surface area contributed by atoms with Gasteiger partial charge in [0.15, 0.2) is 0 Å². The lowest BCUT2D eigenvalue weighted by molar-refractivity contribution is 0.0705. The Bertz CT molecular complexity index is 660. The standard InChI is InChI=1S/C15H20N6O/c1-16-14-13(17-6-7-18-14)11-3-9-21(10-4-11)15(22)12-5-8-20(2)19-12/h5-8,11H,3-4,9-10H2,1-2H3,(H,16,18). The first-order valence-corrected chi connectivity index (χ1v) is 7.46. The highest BCUT2D eigenvalue weighted by atomic mass is 16.2. The second kappa shape index (κ2) is 6.13. The van der Waals surface area contributed by atoms with Crippen LogP contribution in [0, 0.1) is 0 Å². The first kappa shape index (κ1) is 14.5. The number of nitrogens with zero attached hydrogens (tertiary/aromatic N) is 5. The van der Waals surface area contributed by atoms with E-state index < -0.39 is 0 Å². The van der Waals surface area contributed by atoms with Crippen LogP contribution < -0.4 is 5.32 Å². The third-order valence-corrected chi connectivity index (χ3v) is 4.06. The third-order valence-electron chi connectivity index (χ3n) is 4.06. The van der Waals surface area contributed by atoms with Crippen LogP contribution in [0.4, 0.5) is 5.82 Å². The Labute approximate surface area is 129 Å². The lowest BCUT2D eigenvalue weighted by Gasteiger charge is -2.31. The van der Waals surface area contributed by atoms with Crippen molar-refractivity contribution in [1.29, 1.82) is 0 Å². The van der Waals surface area contributed by atoms with Crippen LogP contribution in [0.1, 0.15) is 34.9 Å². The Kier molecular flexibility index (Phi) is 4.04. The molecule has 1 fully saturated rings. The normalized spacial score (nSPS) is 15.8. The van der Waals surface area contributed by atoms with Crippen molar-refractivity contribution >= 4 is 11.7 Å². The molecule has 0 radical (unpaired) electrons. The zero-order valence-electron chi connectivity index (χ0n) is 12.9. The number of rotatable bonds is 3. The molecule has 1 N–H and O–H groups in total. The molecule has 0 aliphatic carbocycles. The molecule has 2 aromatic heterocycles. The van der Waals surface area contributed by atoms with E-state index in [4.69, 9.17) is 0 Å². The van der Waals surface area contributed by atoms with E-state index in [0.717, 1.165) is 37.4 Å². The summed E-state index contributed by atoms with van der Waals surface area (Å²) in [7, 11) is 3.67. The minimum absolute atomic E-state index is 0.00651. The van der Waals surface area contributed by atoms with E-state index >= 15 is 0 Å². The van der Waals surface area contributed by atoms with Crippen molar-refractivity contribution < 1.29 is 4.79 Å². The van der Waals surface area contributed by atoms with Gasteiger partial charge in [0.05, 0.1) is 5.69 Å². The van der Waals surface area contributed by atoms with E-state index in [0.29, 0.717) is 11.6 Å². The van der Waals surface area contributed by atoms with Crippen molar-refractivity contribution in [2.75, 3.05) is 25.5 Å². The van der Waals surface area contributed by atoms with Crippen LogP contribution in [0.3, 0.4) is 0 Å². The quantitative estimate of drug-likeness (QED) is 0.924. The van der Waals surface area contributed by atoms with Gasteiger partial charge in [-0.3, -0.25) is 14.5 Å². The van der Waals surface area contributed by atoms with Gasteiger partial charge in [0.25, 0.3) is 5.91 Å². The number of hydrogen-bond donors (Lipinski definition) is 1. The molecule has 1 aliphatic rings. The summed E-state index contributed by atoms with van der Waals surface area (Å²) in [6.07, 6.45) is 6.99. The molecule has 1 saturated heterocycles. The number of amides is 1. The maximum Gasteiger partial charge on any atom is 0.274 e. The van der Waals surface area contributed by atoms with Crippen LogP contribution in [0.15, 0.2) is 24.7 Å². The molecule has 0 unspecified atom stereocenters. The molecule has 7 heteroatoms. The van der Waals surface area contributed by atoms with E-state index in [1.807, 2.05) is 19.0 Å². The maximum atomic E-state index is 12.4. The van der Waals surface area contributed by atoms with Crippen LogP contribution >= 0.6 is 0 Å². The number of carbonyl (C=O) groups excluding carboxylic acids is 1. The van der Waals surface area contributed by atoms with Crippen molar-refractivity contribution in [3.8, 4) is 0 Å². The number of aromatic nitrogens is 4. The Morgan fingerprint density at radius 3 is 2.64 bits per heavy atom. The van der Waals surface area contributed by atoms with Gasteiger partial charge in [0, 0.05) is 51.7 Å². The molecule has 3 rings (SSSR count). The lowest BCUT2D eigenvalue weighted by Crippen LogP contribution is -2.38. The molecule has 0 bridgehead atoms. The molecular weight excluding hydrogens is 280 g/mol. The minimum atomic E-state index is 0.00651. The number of nitrogens with one attached hydrogen (secondary N) is 1. The summed E-state index contributed by atoms with van der Waals surface area (Å²) in [4.78, 5) is 23.0. The Hall–Kier alpha value is -2.44. The predicted octanol–water partition coefficient (Wildman–Crippen LogP) is 1.27. The van der Waals surface area contributed by atoms with E-state index in [1.165, 1.54) is 0 Å². The number of aryl methyl sites for hydroxylation is 1. The largest absolute Gasteiger partial charge is 0.372 e. The molecular formula is C15H20N6O. The Morgan fingerprint density at radius 2 is 2.00 bits per heavy atom. The van der Waals surface area contributed by atoms with E-state index in [2.05, 4.69) is 20.4 Å². The Balaban J connectivity index is 1.66. The van der Waals surface area contributed by atoms with Crippen LogP contribution in [0.2, 0.25) is 0 Å². The molecule has 7 nitrogen and oxygen atoms in total. The molecule has 0 aromatic carbocycles. The van der Waals surface area contributed by atoms with Gasteiger partial charge in [0.1, 0.15) is 11.5 Å². The van der Waals surface area contributed by atoms with Crippen molar-refractivity contribution in [3.05, 3.63) is 36.0 Å². The molecule has 116 valence electrons. The molecule has 0 atom stereocenters. The summed E-state index contributed by atoms with van der Waals surface area (Å²) in [6.45, 7) is 1.44. The van der Waals surface area contributed by atoms with Crippen LogP contribution in [0.25, 0.3) is 0 Å². The van der Waals surface area contributed by atoms with Gasteiger partial charge in [-0.15, -0.1) is 0 Å². The zero-order chi connectivity index (χ0) is 15.5. The molecule has 2 aromatic rings. The van der Waals surface area contributed by atoms with Gasteiger partial charge in [-0.05, 0) is 18.9 Å². The van der Waals surface area contributed by atoms with E-state index in [-0.39, 0.29) is 5.91 Å². The summed E-state index contributed by atoms with van der Waals surface area (Å²) in [5.41, 5.74) is 1.51. The first-order chi connectivity index (χ1) is 10.7. The molecule has 1 amide bonds. The SMILES string of the molecule is CNc1nccnc1C1CCN(C(=O)c2ccn(C)n2)CC1. The van der Waals surface area contributed by atoms with E-state index in [9.17, 15) is 4.79 Å². The van der Waals surface area contributed by atoms with E-state index in [1.54, 1.807) is 29.3 Å². The molecule has 1 aliphatic heterocycles. The molecule has 3 heterocycles. The number of piperidine rings is 1. The second-order valence-corrected chi connectivity index (χ2v) is 5.48. The summed E-state index contributed by atoms with van der Waals surface area (Å²) >= 11 is 0. The number of anilines is 1. The highest BCUT2D eigenvalue weighted by Crippen LogP contribution is 2.30. The number of carbonyl (C=O) groups is 1. The topological polar surface area (TPSA) is 75.9 Å². The fourth-order valence-electron chi connectivity index (χ4n) is 2.89. The Morgan fingerprint density at radius 1 is 1.27 bits per heavy atom. The summed E-state index contributed by atoms with van der Waals surface area (Å²) in [5.74, 6) is 1.17. The van der Waals surface area contributed by atoms with Crippen molar-refractivity contribution in [2.24, 2.45) is 7.05 Å². The monoisotopic (exact) mass is 300 g/mol. The van der Waals surface area contributed by atoms with Crippen LogP contribution in [-0.4, -0.2) is 50.7 Å². The fourth-order valence-corrected chi connectivity index (χ4v) is 2.89. The fraction of sp³-hybridized carbons (Fsp3) is 0.467. The summed E-state index contributed by atoms with van der Waals surface area (Å²) < 4.78 is 1.65. The average molecular weight is 300 g/mol. The predicted molar refractivity (Wildman–Crippen MR) is 82.7 cm³/mol. The minimum Gasteiger partial charge on any atom is -0.372 e. The average Bonchev–Trinajstić information content (AvgIpc) is 3.01. The third kappa shape index (κ3) is 2.79. The molecule has 22 heavy (non-hydrogen) atoms. The van der Waals surface area contributed by atoms with Crippen molar-refractivity contribution in [2.45, 2.75) is 18.8 Å². The highest BCUT2D eigenvalue weighted by molar-refractivity contribution is 5.92. The van der Waals surface area contributed by atoms with Crippen LogP contribution in [0.5, 0.6) is 0 Å². The van der Waals surface area contributed by atoms with Crippen molar-refractivity contribution in [1.82, 2.24) is 24.6 Å². The first-order valence-electron chi connectivity index (χ1n) is 7.46. The van der Waals surface area contributed by atoms with Gasteiger partial charge in [-0.25, -0.2) is 4.98 Å². The summed E-state index contributed by atoms with van der Waals surface area (Å²) in [6, 6.07) is 1.76. The van der Waals surface area contributed by atoms with Crippen LogP contribution in [-0.2, 0) is 7.05 Å². The van der Waals surface area contributed by atoms with Gasteiger partial charge in [-0.2, -0.15) is 5.10 Å². The van der Waals surface area contributed by atoms with Crippen molar-refractivity contribution in [3.63, 3.8) is 0 Å². The van der Waals surface area contributed by atoms with Gasteiger partial charge >= 0.3 is 0 Å². The number of hydrogen-bond acceptors (Lipinski definition) is 5. The molecule has 0 saturated carbocycles. The maximum absolute atomic E-state index is 12.4. The second-order valence-electron chi connectivity index (χ2n) is 5.48. The van der Waals surface area contributed by atoms with Gasteiger partial charge < -0.3 is 10.2 Å². The van der Waals surface area contributed by atoms with Gasteiger partial charge in [0.2, 0.25) is 0 Å². The highest BCUT2D eigenvalue weighted by Gasteiger charge is 2.27. The zero-order valence-corrected chi connectivity index (χ0v) is 12.9. The smallest absolute Gasteiger partial charge is 0.274 e. The number of likely N-dealkylation sites (tertiary alicyclic amines) is 1. The summed E-state index contributed by atoms with van der Waals surface area (Å²) in [5, 5.41) is 7.27.